The summed E-state index contributed by atoms with van der Waals surface area (Å²) >= 11 is 0. The molecule has 1 aliphatic carbocycles. The first-order valence-corrected chi connectivity index (χ1v) is 4.91. The molecule has 1 aromatic carbocycles. The summed E-state index contributed by atoms with van der Waals surface area (Å²) < 4.78 is 0. The van der Waals surface area contributed by atoms with E-state index in [2.05, 4.69) is 0 Å². The van der Waals surface area contributed by atoms with E-state index in [0.29, 0.717) is 11.5 Å². The van der Waals surface area contributed by atoms with Gasteiger partial charge in [-0.1, -0.05) is 18.2 Å². The van der Waals surface area contributed by atoms with Crippen LogP contribution in [-0.4, -0.2) is 16.2 Å². The van der Waals surface area contributed by atoms with Crippen molar-refractivity contribution in [1.82, 2.24) is 0 Å². The first kappa shape index (κ1) is 9.77. The van der Waals surface area contributed by atoms with Crippen LogP contribution >= 0.6 is 0 Å². The van der Waals surface area contributed by atoms with Gasteiger partial charge >= 0.3 is 5.97 Å². The van der Waals surface area contributed by atoms with E-state index in [1.807, 2.05) is 0 Å². The number of hydrogen-bond acceptors (Lipinski definition) is 2. The Hall–Kier alpha value is -1.77. The highest BCUT2D eigenvalue weighted by atomic mass is 16.4. The number of benzene rings is 1. The predicted octanol–water partition coefficient (Wildman–Crippen LogP) is 2.27. The first-order chi connectivity index (χ1) is 7.18. The third-order valence-corrected chi connectivity index (χ3v) is 2.51. The van der Waals surface area contributed by atoms with Crippen LogP contribution in [0.3, 0.4) is 0 Å². The highest BCUT2D eigenvalue weighted by Gasteiger charge is 2.28. The molecule has 0 unspecified atom stereocenters. The number of hydrogen-bond donors (Lipinski definition) is 2. The molecular weight excluding hydrogens is 192 g/mol. The summed E-state index contributed by atoms with van der Waals surface area (Å²) in [7, 11) is 0. The van der Waals surface area contributed by atoms with Crippen molar-refractivity contribution in [1.29, 1.82) is 0 Å². The monoisotopic (exact) mass is 204 g/mol. The van der Waals surface area contributed by atoms with E-state index < -0.39 is 5.97 Å². The van der Waals surface area contributed by atoms with E-state index in [9.17, 15) is 9.90 Å². The van der Waals surface area contributed by atoms with Gasteiger partial charge in [0.1, 0.15) is 5.75 Å². The third kappa shape index (κ3) is 2.18. The summed E-state index contributed by atoms with van der Waals surface area (Å²) in [6.07, 6.45) is 3.22. The Balaban J connectivity index is 2.41. The molecule has 0 heterocycles. The van der Waals surface area contributed by atoms with Crippen LogP contribution in [-0.2, 0) is 4.79 Å². The Morgan fingerprint density at radius 1 is 1.33 bits per heavy atom. The van der Waals surface area contributed by atoms with E-state index in [1.165, 1.54) is 6.08 Å². The fourth-order valence-corrected chi connectivity index (χ4v) is 1.66. The number of aliphatic carboxylic acids is 1. The SMILES string of the molecule is O=C(O)/C=C(\c1ccccc1O)C1CC1. The number of carboxylic acids is 1. The number of allylic oxidation sites excluding steroid dienone is 1. The minimum Gasteiger partial charge on any atom is -0.507 e. The number of phenolic OH excluding ortho intramolecular Hbond substituents is 1. The summed E-state index contributed by atoms with van der Waals surface area (Å²) in [6.45, 7) is 0. The molecule has 1 aromatic rings. The maximum Gasteiger partial charge on any atom is 0.328 e. The van der Waals surface area contributed by atoms with Crippen molar-refractivity contribution < 1.29 is 15.0 Å². The predicted molar refractivity (Wildman–Crippen MR) is 56.4 cm³/mol. The quantitative estimate of drug-likeness (QED) is 0.742. The molecule has 15 heavy (non-hydrogen) atoms. The van der Waals surface area contributed by atoms with Crippen LogP contribution in [0.15, 0.2) is 30.3 Å². The molecule has 1 fully saturated rings. The number of phenols is 1. The lowest BCUT2D eigenvalue weighted by Crippen LogP contribution is -1.94. The second kappa shape index (κ2) is 3.77. The lowest BCUT2D eigenvalue weighted by Gasteiger charge is -2.07. The first-order valence-electron chi connectivity index (χ1n) is 4.91. The van der Waals surface area contributed by atoms with Crippen molar-refractivity contribution in [2.24, 2.45) is 5.92 Å². The molecule has 0 aliphatic heterocycles. The van der Waals surface area contributed by atoms with Gasteiger partial charge in [-0.05, 0) is 30.4 Å². The molecule has 2 N–H and O–H groups in total. The van der Waals surface area contributed by atoms with Crippen LogP contribution in [0.5, 0.6) is 5.75 Å². The second-order valence-electron chi connectivity index (χ2n) is 3.73. The van der Waals surface area contributed by atoms with Gasteiger partial charge < -0.3 is 10.2 Å². The van der Waals surface area contributed by atoms with E-state index in [4.69, 9.17) is 5.11 Å². The number of aromatic hydroxyl groups is 1. The lowest BCUT2D eigenvalue weighted by molar-refractivity contribution is -0.131. The molecule has 0 atom stereocenters. The smallest absolute Gasteiger partial charge is 0.328 e. The largest absolute Gasteiger partial charge is 0.507 e. The Labute approximate surface area is 87.7 Å². The van der Waals surface area contributed by atoms with Crippen molar-refractivity contribution in [3.63, 3.8) is 0 Å². The van der Waals surface area contributed by atoms with E-state index in [0.717, 1.165) is 18.4 Å². The van der Waals surface area contributed by atoms with Crippen LogP contribution in [0.25, 0.3) is 5.57 Å². The lowest BCUT2D eigenvalue weighted by atomic mass is 10.00. The van der Waals surface area contributed by atoms with Gasteiger partial charge in [0.2, 0.25) is 0 Å². The van der Waals surface area contributed by atoms with Gasteiger partial charge in [-0.15, -0.1) is 0 Å². The Morgan fingerprint density at radius 2 is 2.00 bits per heavy atom. The van der Waals surface area contributed by atoms with Gasteiger partial charge in [-0.25, -0.2) is 4.79 Å². The Morgan fingerprint density at radius 3 is 2.53 bits per heavy atom. The molecule has 1 saturated carbocycles. The zero-order valence-corrected chi connectivity index (χ0v) is 8.18. The minimum atomic E-state index is -0.958. The van der Waals surface area contributed by atoms with Gasteiger partial charge in [-0.3, -0.25) is 0 Å². The fourth-order valence-electron chi connectivity index (χ4n) is 1.66. The average molecular weight is 204 g/mol. The fraction of sp³-hybridized carbons (Fsp3) is 0.250. The van der Waals surface area contributed by atoms with Crippen LogP contribution in [0, 0.1) is 5.92 Å². The Bertz CT molecular complexity index is 417. The van der Waals surface area contributed by atoms with Crippen molar-refractivity contribution in [2.75, 3.05) is 0 Å². The molecule has 0 bridgehead atoms. The van der Waals surface area contributed by atoms with Gasteiger partial charge in [0.05, 0.1) is 0 Å². The molecule has 2 rings (SSSR count). The van der Waals surface area contributed by atoms with Gasteiger partial charge in [0.15, 0.2) is 0 Å². The van der Waals surface area contributed by atoms with Crippen molar-refractivity contribution >= 4 is 11.5 Å². The number of para-hydroxylation sites is 1. The zero-order valence-electron chi connectivity index (χ0n) is 8.18. The summed E-state index contributed by atoms with van der Waals surface area (Å²) in [5.74, 6) is -0.508. The molecule has 0 aromatic heterocycles. The van der Waals surface area contributed by atoms with Crippen molar-refractivity contribution in [2.45, 2.75) is 12.8 Å². The van der Waals surface area contributed by atoms with E-state index >= 15 is 0 Å². The van der Waals surface area contributed by atoms with Crippen LogP contribution in [0.1, 0.15) is 18.4 Å². The standard InChI is InChI=1S/C12H12O3/c13-11-4-2-1-3-9(11)10(7-12(14)15)8-5-6-8/h1-4,7-8,13H,5-6H2,(H,14,15)/b10-7-. The van der Waals surface area contributed by atoms with Gasteiger partial charge in [-0.2, -0.15) is 0 Å². The molecule has 3 nitrogen and oxygen atoms in total. The number of carboxylic acid groups (broad SMARTS) is 1. The normalized spacial score (nSPS) is 16.4. The van der Waals surface area contributed by atoms with E-state index in [-0.39, 0.29) is 5.75 Å². The second-order valence-corrected chi connectivity index (χ2v) is 3.73. The molecular formula is C12H12O3. The van der Waals surface area contributed by atoms with Crippen LogP contribution < -0.4 is 0 Å². The van der Waals surface area contributed by atoms with Crippen molar-refractivity contribution in [3.8, 4) is 5.75 Å². The summed E-state index contributed by atoms with van der Waals surface area (Å²) in [6, 6.07) is 6.85. The van der Waals surface area contributed by atoms with Gasteiger partial charge in [0, 0.05) is 11.6 Å². The highest BCUT2D eigenvalue weighted by molar-refractivity contribution is 5.92. The maximum absolute atomic E-state index is 10.7. The topological polar surface area (TPSA) is 57.5 Å². The molecule has 0 radical (unpaired) electrons. The van der Waals surface area contributed by atoms with Crippen LogP contribution in [0.2, 0.25) is 0 Å². The maximum atomic E-state index is 10.7. The molecule has 0 spiro atoms. The molecule has 0 saturated heterocycles. The zero-order chi connectivity index (χ0) is 10.8. The average Bonchev–Trinajstić information content (AvgIpc) is 2.98. The number of rotatable bonds is 3. The molecule has 1 aliphatic rings. The number of carbonyl (C=O) groups is 1. The summed E-state index contributed by atoms with van der Waals surface area (Å²) in [5, 5.41) is 18.4. The third-order valence-electron chi connectivity index (χ3n) is 2.51. The molecule has 3 heteroatoms. The van der Waals surface area contributed by atoms with Gasteiger partial charge in [0.25, 0.3) is 0 Å². The Kier molecular flexibility index (Phi) is 2.46. The van der Waals surface area contributed by atoms with Crippen LogP contribution in [0.4, 0.5) is 0 Å². The van der Waals surface area contributed by atoms with Crippen molar-refractivity contribution in [3.05, 3.63) is 35.9 Å². The highest BCUT2D eigenvalue weighted by Crippen LogP contribution is 2.44. The summed E-state index contributed by atoms with van der Waals surface area (Å²) in [4.78, 5) is 10.7. The summed E-state index contributed by atoms with van der Waals surface area (Å²) in [5.41, 5.74) is 1.38. The molecule has 78 valence electrons. The molecule has 0 amide bonds. The minimum absolute atomic E-state index is 0.150. The van der Waals surface area contributed by atoms with E-state index in [1.54, 1.807) is 24.3 Å².